The number of ether oxygens (including phenoxy) is 2. The lowest BCUT2D eigenvalue weighted by atomic mass is 10.2. The van der Waals surface area contributed by atoms with E-state index < -0.39 is 11.7 Å². The molecule has 126 valence electrons. The molecule has 0 bridgehead atoms. The van der Waals surface area contributed by atoms with E-state index in [2.05, 4.69) is 10.6 Å². The topological polar surface area (TPSA) is 42.5 Å². The first-order valence-electron chi connectivity index (χ1n) is 6.67. The number of fused-ring (bicyclic) bond motifs is 1. The molecule has 0 aromatic heterocycles. The number of hydrogen-bond donors (Lipinski definition) is 2. The Morgan fingerprint density at radius 3 is 2.33 bits per heavy atom. The highest BCUT2D eigenvalue weighted by molar-refractivity contribution is 7.80. The second kappa shape index (κ2) is 6.37. The van der Waals surface area contributed by atoms with Crippen molar-refractivity contribution in [3.05, 3.63) is 47.0 Å². The maximum atomic E-state index is 12.9. The Kier molecular flexibility index (Phi) is 4.42. The van der Waals surface area contributed by atoms with Crippen LogP contribution in [0.1, 0.15) is 5.56 Å². The normalized spacial score (nSPS) is 12.8. The van der Waals surface area contributed by atoms with Gasteiger partial charge in [0.25, 0.3) is 0 Å². The van der Waals surface area contributed by atoms with Gasteiger partial charge >= 0.3 is 6.18 Å². The number of hydrogen-bond acceptors (Lipinski definition) is 3. The van der Waals surface area contributed by atoms with E-state index in [9.17, 15) is 13.2 Å². The first kappa shape index (κ1) is 16.7. The van der Waals surface area contributed by atoms with Crippen LogP contribution in [0.15, 0.2) is 36.4 Å². The summed E-state index contributed by atoms with van der Waals surface area (Å²) in [5.41, 5.74) is -0.147. The lowest BCUT2D eigenvalue weighted by molar-refractivity contribution is -0.137. The van der Waals surface area contributed by atoms with Crippen molar-refractivity contribution in [2.75, 3.05) is 17.4 Å². The third-order valence-corrected chi connectivity index (χ3v) is 3.69. The van der Waals surface area contributed by atoms with Crippen LogP contribution in [0, 0.1) is 0 Å². The number of anilines is 2. The summed E-state index contributed by atoms with van der Waals surface area (Å²) >= 11 is 10.7. The zero-order chi connectivity index (χ0) is 17.3. The maximum absolute atomic E-state index is 12.9. The molecule has 2 N–H and O–H groups in total. The molecule has 0 unspecified atom stereocenters. The van der Waals surface area contributed by atoms with Crippen molar-refractivity contribution in [2.24, 2.45) is 0 Å². The van der Waals surface area contributed by atoms with Gasteiger partial charge in [-0.2, -0.15) is 13.2 Å². The first-order chi connectivity index (χ1) is 11.3. The monoisotopic (exact) mass is 374 g/mol. The lowest BCUT2D eigenvalue weighted by Gasteiger charge is -2.14. The quantitative estimate of drug-likeness (QED) is 0.732. The average Bonchev–Trinajstić information content (AvgIpc) is 2.95. The SMILES string of the molecule is FC(F)(F)c1cc(NC(=S)Nc2ccc3c(c2)OCO3)ccc1Cl. The van der Waals surface area contributed by atoms with Gasteiger partial charge in [0.2, 0.25) is 6.79 Å². The predicted octanol–water partition coefficient (Wildman–Crippen LogP) is 4.90. The van der Waals surface area contributed by atoms with Crippen LogP contribution in [0.4, 0.5) is 24.5 Å². The van der Waals surface area contributed by atoms with Crippen LogP contribution < -0.4 is 20.1 Å². The fourth-order valence-corrected chi connectivity index (χ4v) is 2.55. The van der Waals surface area contributed by atoms with Gasteiger partial charge < -0.3 is 20.1 Å². The highest BCUT2D eigenvalue weighted by Crippen LogP contribution is 2.36. The van der Waals surface area contributed by atoms with Crippen LogP contribution in [0.2, 0.25) is 5.02 Å². The number of thiocarbonyl (C=S) groups is 1. The van der Waals surface area contributed by atoms with Crippen molar-refractivity contribution >= 4 is 40.3 Å². The molecule has 9 heteroatoms. The van der Waals surface area contributed by atoms with E-state index >= 15 is 0 Å². The van der Waals surface area contributed by atoms with Crippen LogP contribution >= 0.6 is 23.8 Å². The van der Waals surface area contributed by atoms with E-state index in [1.54, 1.807) is 18.2 Å². The molecule has 0 radical (unpaired) electrons. The summed E-state index contributed by atoms with van der Waals surface area (Å²) in [5, 5.41) is 5.31. The summed E-state index contributed by atoms with van der Waals surface area (Å²) in [6.07, 6.45) is -4.54. The lowest BCUT2D eigenvalue weighted by Crippen LogP contribution is -2.19. The van der Waals surface area contributed by atoms with Gasteiger partial charge in [0, 0.05) is 17.4 Å². The van der Waals surface area contributed by atoms with E-state index in [4.69, 9.17) is 33.3 Å². The molecule has 3 rings (SSSR count). The summed E-state index contributed by atoms with van der Waals surface area (Å²) in [6.45, 7) is 0.145. The van der Waals surface area contributed by atoms with Crippen LogP contribution in [-0.4, -0.2) is 11.9 Å². The van der Waals surface area contributed by atoms with Gasteiger partial charge in [-0.25, -0.2) is 0 Å². The Morgan fingerprint density at radius 2 is 1.62 bits per heavy atom. The molecule has 0 fully saturated rings. The number of alkyl halides is 3. The highest BCUT2D eigenvalue weighted by Gasteiger charge is 2.33. The second-order valence-corrected chi connectivity index (χ2v) is 5.65. The zero-order valence-corrected chi connectivity index (χ0v) is 13.5. The third-order valence-electron chi connectivity index (χ3n) is 3.16. The van der Waals surface area contributed by atoms with Crippen molar-refractivity contribution in [3.63, 3.8) is 0 Å². The van der Waals surface area contributed by atoms with E-state index in [1.807, 2.05) is 0 Å². The molecule has 0 atom stereocenters. The van der Waals surface area contributed by atoms with E-state index in [0.29, 0.717) is 17.2 Å². The molecule has 0 amide bonds. The van der Waals surface area contributed by atoms with E-state index in [0.717, 1.165) is 12.1 Å². The van der Waals surface area contributed by atoms with Crippen molar-refractivity contribution in [2.45, 2.75) is 6.18 Å². The molecular formula is C15H10ClF3N2O2S. The Labute approximate surface area is 145 Å². The average molecular weight is 375 g/mol. The predicted molar refractivity (Wildman–Crippen MR) is 88.9 cm³/mol. The Bertz CT molecular complexity index is 799. The van der Waals surface area contributed by atoms with Gasteiger partial charge in [-0.1, -0.05) is 11.6 Å². The minimum Gasteiger partial charge on any atom is -0.454 e. The van der Waals surface area contributed by atoms with Gasteiger partial charge in [-0.05, 0) is 42.5 Å². The van der Waals surface area contributed by atoms with Crippen LogP contribution in [0.25, 0.3) is 0 Å². The Morgan fingerprint density at radius 1 is 1.00 bits per heavy atom. The van der Waals surface area contributed by atoms with Gasteiger partial charge in [0.1, 0.15) is 0 Å². The summed E-state index contributed by atoms with van der Waals surface area (Å²) in [4.78, 5) is 0. The molecule has 24 heavy (non-hydrogen) atoms. The third kappa shape index (κ3) is 3.65. The molecule has 1 aliphatic heterocycles. The maximum Gasteiger partial charge on any atom is 0.417 e. The molecule has 0 spiro atoms. The molecule has 0 aliphatic carbocycles. The van der Waals surface area contributed by atoms with Gasteiger partial charge in [0.15, 0.2) is 16.6 Å². The Balaban J connectivity index is 1.71. The summed E-state index contributed by atoms with van der Waals surface area (Å²) in [6, 6.07) is 8.57. The van der Waals surface area contributed by atoms with Crippen molar-refractivity contribution in [1.82, 2.24) is 0 Å². The standard InChI is InChI=1S/C15H10ClF3N2O2S/c16-11-3-1-8(5-10(11)15(17,18)19)20-14(24)21-9-2-4-12-13(6-9)23-7-22-12/h1-6H,7H2,(H2,20,21,24). The van der Waals surface area contributed by atoms with Crippen molar-refractivity contribution < 1.29 is 22.6 Å². The molecule has 2 aromatic carbocycles. The van der Waals surface area contributed by atoms with E-state index in [1.165, 1.54) is 6.07 Å². The largest absolute Gasteiger partial charge is 0.454 e. The molecule has 1 aliphatic rings. The van der Waals surface area contributed by atoms with Crippen molar-refractivity contribution in [3.8, 4) is 11.5 Å². The number of halogens is 4. The Hall–Kier alpha value is -2.19. The van der Waals surface area contributed by atoms with Crippen LogP contribution in [0.3, 0.4) is 0 Å². The molecule has 4 nitrogen and oxygen atoms in total. The number of rotatable bonds is 2. The van der Waals surface area contributed by atoms with E-state index in [-0.39, 0.29) is 22.6 Å². The fourth-order valence-electron chi connectivity index (χ4n) is 2.09. The summed E-state index contributed by atoms with van der Waals surface area (Å²) in [7, 11) is 0. The van der Waals surface area contributed by atoms with Gasteiger partial charge in [-0.15, -0.1) is 0 Å². The fraction of sp³-hybridized carbons (Fsp3) is 0.133. The molecule has 0 saturated heterocycles. The van der Waals surface area contributed by atoms with Gasteiger partial charge in [0.05, 0.1) is 10.6 Å². The van der Waals surface area contributed by atoms with Crippen molar-refractivity contribution in [1.29, 1.82) is 0 Å². The number of nitrogens with one attached hydrogen (secondary N) is 2. The van der Waals surface area contributed by atoms with Crippen LogP contribution in [0.5, 0.6) is 11.5 Å². The molecule has 0 saturated carbocycles. The zero-order valence-electron chi connectivity index (χ0n) is 11.9. The first-order valence-corrected chi connectivity index (χ1v) is 7.46. The minimum absolute atomic E-state index is 0.129. The molecule has 2 aromatic rings. The summed E-state index contributed by atoms with van der Waals surface area (Å²) < 4.78 is 49.0. The molecular weight excluding hydrogens is 365 g/mol. The summed E-state index contributed by atoms with van der Waals surface area (Å²) in [5.74, 6) is 1.18. The van der Waals surface area contributed by atoms with Crippen LogP contribution in [-0.2, 0) is 6.18 Å². The van der Waals surface area contributed by atoms with Gasteiger partial charge in [-0.3, -0.25) is 0 Å². The minimum atomic E-state index is -4.54. The molecule has 1 heterocycles. The highest BCUT2D eigenvalue weighted by atomic mass is 35.5. The number of benzene rings is 2. The second-order valence-electron chi connectivity index (χ2n) is 4.84. The smallest absolute Gasteiger partial charge is 0.417 e.